The quantitative estimate of drug-likeness (QED) is 0.373. The van der Waals surface area contributed by atoms with Crippen molar-refractivity contribution in [3.05, 3.63) is 119 Å². The molecule has 4 aromatic carbocycles. The highest BCUT2D eigenvalue weighted by Crippen LogP contribution is 2.44. The van der Waals surface area contributed by atoms with Crippen LogP contribution in [0.3, 0.4) is 0 Å². The Morgan fingerprint density at radius 1 is 0.765 bits per heavy atom. The molecule has 0 spiro atoms. The lowest BCUT2D eigenvalue weighted by Gasteiger charge is -2.15. The van der Waals surface area contributed by atoms with E-state index < -0.39 is 12.1 Å². The molecule has 0 atom stereocenters. The first-order valence-electron chi connectivity index (χ1n) is 11.1. The molecule has 0 fully saturated rings. The summed E-state index contributed by atoms with van der Waals surface area (Å²) < 4.78 is 5.60. The number of rotatable bonds is 6. The zero-order chi connectivity index (χ0) is 23.5. The molecular formula is C29H23NO4. The lowest BCUT2D eigenvalue weighted by molar-refractivity contribution is 0.0697. The summed E-state index contributed by atoms with van der Waals surface area (Å²) >= 11 is 0. The molecule has 0 aromatic heterocycles. The van der Waals surface area contributed by atoms with Gasteiger partial charge >= 0.3 is 12.1 Å². The molecule has 1 amide bonds. The Morgan fingerprint density at radius 3 is 2.06 bits per heavy atom. The van der Waals surface area contributed by atoms with Crippen molar-refractivity contribution in [2.24, 2.45) is 0 Å². The highest BCUT2D eigenvalue weighted by atomic mass is 16.5. The van der Waals surface area contributed by atoms with Crippen LogP contribution in [0, 0.1) is 0 Å². The zero-order valence-corrected chi connectivity index (χ0v) is 18.4. The predicted octanol–water partition coefficient (Wildman–Crippen LogP) is 6.09. The number of benzene rings is 4. The van der Waals surface area contributed by atoms with Gasteiger partial charge in [-0.05, 0) is 51.1 Å². The molecule has 0 unspecified atom stereocenters. The van der Waals surface area contributed by atoms with Crippen molar-refractivity contribution in [2.45, 2.75) is 12.5 Å². The van der Waals surface area contributed by atoms with Crippen LogP contribution in [0.15, 0.2) is 97.1 Å². The van der Waals surface area contributed by atoms with Gasteiger partial charge in [-0.25, -0.2) is 9.59 Å². The molecule has 168 valence electrons. The smallest absolute Gasteiger partial charge is 0.407 e. The van der Waals surface area contributed by atoms with E-state index >= 15 is 0 Å². The van der Waals surface area contributed by atoms with Crippen LogP contribution in [0.25, 0.3) is 22.3 Å². The topological polar surface area (TPSA) is 75.6 Å². The average molecular weight is 450 g/mol. The normalized spacial score (nSPS) is 12.0. The molecule has 0 bridgehead atoms. The highest BCUT2D eigenvalue weighted by Gasteiger charge is 2.28. The van der Waals surface area contributed by atoms with Crippen LogP contribution < -0.4 is 5.32 Å². The Bertz CT molecular complexity index is 1330. The van der Waals surface area contributed by atoms with E-state index in [9.17, 15) is 14.7 Å². The van der Waals surface area contributed by atoms with Gasteiger partial charge < -0.3 is 15.2 Å². The molecule has 5 rings (SSSR count). The number of ether oxygens (including phenoxy) is 1. The number of carboxylic acids is 1. The fourth-order valence-electron chi connectivity index (χ4n) is 4.59. The van der Waals surface area contributed by atoms with Gasteiger partial charge in [0.25, 0.3) is 0 Å². The predicted molar refractivity (Wildman–Crippen MR) is 131 cm³/mol. The summed E-state index contributed by atoms with van der Waals surface area (Å²) in [6.45, 7) is 0.533. The molecule has 5 nitrogen and oxygen atoms in total. The number of nitrogens with one attached hydrogen (secondary N) is 1. The van der Waals surface area contributed by atoms with Crippen molar-refractivity contribution in [1.29, 1.82) is 0 Å². The Balaban J connectivity index is 1.24. The fourth-order valence-corrected chi connectivity index (χ4v) is 4.59. The molecule has 0 heterocycles. The number of hydrogen-bond acceptors (Lipinski definition) is 3. The minimum absolute atomic E-state index is 0.00833. The monoisotopic (exact) mass is 449 g/mol. The average Bonchev–Trinajstić information content (AvgIpc) is 3.20. The Hall–Kier alpha value is -4.38. The summed E-state index contributed by atoms with van der Waals surface area (Å²) in [5, 5.41) is 12.3. The van der Waals surface area contributed by atoms with Gasteiger partial charge in [-0.15, -0.1) is 0 Å². The van der Waals surface area contributed by atoms with E-state index in [1.54, 1.807) is 18.2 Å². The summed E-state index contributed by atoms with van der Waals surface area (Å²) in [5.74, 6) is -0.966. The number of carbonyl (C=O) groups is 2. The van der Waals surface area contributed by atoms with Crippen molar-refractivity contribution < 1.29 is 19.4 Å². The molecule has 4 aromatic rings. The van der Waals surface area contributed by atoms with Gasteiger partial charge in [0.1, 0.15) is 6.61 Å². The maximum Gasteiger partial charge on any atom is 0.407 e. The van der Waals surface area contributed by atoms with Crippen LogP contribution in [-0.4, -0.2) is 23.8 Å². The Kier molecular flexibility index (Phi) is 5.83. The number of fused-ring (bicyclic) bond motifs is 3. The van der Waals surface area contributed by atoms with Crippen molar-refractivity contribution in [2.75, 3.05) is 6.61 Å². The van der Waals surface area contributed by atoms with Gasteiger partial charge in [-0.2, -0.15) is 0 Å². The number of alkyl carbamates (subject to hydrolysis) is 1. The summed E-state index contributed by atoms with van der Waals surface area (Å²) in [5.41, 5.74) is 7.22. The van der Waals surface area contributed by atoms with E-state index in [1.807, 2.05) is 54.6 Å². The molecule has 0 saturated heterocycles. The van der Waals surface area contributed by atoms with Gasteiger partial charge in [0, 0.05) is 12.5 Å². The van der Waals surface area contributed by atoms with Gasteiger partial charge in [-0.1, -0.05) is 84.9 Å². The van der Waals surface area contributed by atoms with Crippen molar-refractivity contribution in [3.8, 4) is 22.3 Å². The van der Waals surface area contributed by atoms with Crippen LogP contribution >= 0.6 is 0 Å². The van der Waals surface area contributed by atoms with Crippen LogP contribution in [0.2, 0.25) is 0 Å². The second kappa shape index (κ2) is 9.24. The Morgan fingerprint density at radius 2 is 1.38 bits per heavy atom. The number of hydrogen-bond donors (Lipinski definition) is 2. The highest BCUT2D eigenvalue weighted by molar-refractivity contribution is 5.96. The second-order valence-corrected chi connectivity index (χ2v) is 8.23. The second-order valence-electron chi connectivity index (χ2n) is 8.23. The third kappa shape index (κ3) is 4.16. The van der Waals surface area contributed by atoms with E-state index in [1.165, 1.54) is 22.3 Å². The van der Waals surface area contributed by atoms with Crippen LogP contribution in [-0.2, 0) is 11.3 Å². The number of carbonyl (C=O) groups excluding carboxylic acids is 1. The van der Waals surface area contributed by atoms with E-state index in [4.69, 9.17) is 4.74 Å². The molecule has 0 saturated carbocycles. The van der Waals surface area contributed by atoms with E-state index in [-0.39, 0.29) is 24.6 Å². The van der Waals surface area contributed by atoms with Gasteiger partial charge in [0.2, 0.25) is 0 Å². The number of amides is 1. The van der Waals surface area contributed by atoms with Crippen LogP contribution in [0.5, 0.6) is 0 Å². The van der Waals surface area contributed by atoms with E-state index in [0.717, 1.165) is 11.1 Å². The lowest BCUT2D eigenvalue weighted by atomic mass is 9.98. The van der Waals surface area contributed by atoms with E-state index in [2.05, 4.69) is 29.6 Å². The fraction of sp³-hybridized carbons (Fsp3) is 0.103. The molecule has 0 aliphatic heterocycles. The molecular weight excluding hydrogens is 426 g/mol. The van der Waals surface area contributed by atoms with E-state index in [0.29, 0.717) is 5.56 Å². The van der Waals surface area contributed by atoms with Crippen molar-refractivity contribution >= 4 is 12.1 Å². The van der Waals surface area contributed by atoms with Gasteiger partial charge in [-0.3, -0.25) is 0 Å². The zero-order valence-electron chi connectivity index (χ0n) is 18.4. The van der Waals surface area contributed by atoms with Crippen LogP contribution in [0.4, 0.5) is 4.79 Å². The van der Waals surface area contributed by atoms with Crippen LogP contribution in [0.1, 0.15) is 33.0 Å². The van der Waals surface area contributed by atoms with Crippen molar-refractivity contribution in [1.82, 2.24) is 5.32 Å². The molecule has 1 aliphatic carbocycles. The Labute approximate surface area is 197 Å². The first-order valence-corrected chi connectivity index (χ1v) is 11.1. The first-order chi connectivity index (χ1) is 16.6. The minimum atomic E-state index is -0.974. The number of carboxylic acid groups (broad SMARTS) is 1. The summed E-state index contributed by atoms with van der Waals surface area (Å²) in [6.07, 6.45) is -0.488. The SMILES string of the molecule is O=C(NCc1cccc(-c2ccccc2C(=O)O)c1)OCC1c2ccccc2-c2ccccc21. The summed E-state index contributed by atoms with van der Waals surface area (Å²) in [4.78, 5) is 24.0. The standard InChI is InChI=1S/C29H23NO4/c31-28(32)26-15-6-1-10-21(26)20-9-7-8-19(16-20)17-30-29(33)34-18-27-24-13-4-2-11-22(24)23-12-3-5-14-25(23)27/h1-16,27H,17-18H2,(H,30,33)(H,31,32). The van der Waals surface area contributed by atoms with Gasteiger partial charge in [0.15, 0.2) is 0 Å². The maximum atomic E-state index is 12.5. The maximum absolute atomic E-state index is 12.5. The van der Waals surface area contributed by atoms with Gasteiger partial charge in [0.05, 0.1) is 5.56 Å². The van der Waals surface area contributed by atoms with Crippen molar-refractivity contribution in [3.63, 3.8) is 0 Å². The molecule has 0 radical (unpaired) electrons. The third-order valence-corrected chi connectivity index (χ3v) is 6.18. The first kappa shape index (κ1) is 21.5. The minimum Gasteiger partial charge on any atom is -0.478 e. The molecule has 1 aliphatic rings. The molecule has 5 heteroatoms. The largest absolute Gasteiger partial charge is 0.478 e. The third-order valence-electron chi connectivity index (χ3n) is 6.18. The summed E-state index contributed by atoms with van der Waals surface area (Å²) in [6, 6.07) is 30.8. The summed E-state index contributed by atoms with van der Waals surface area (Å²) in [7, 11) is 0. The molecule has 34 heavy (non-hydrogen) atoms. The molecule has 2 N–H and O–H groups in total. The lowest BCUT2D eigenvalue weighted by Crippen LogP contribution is -2.25. The number of aromatic carboxylic acids is 1.